The van der Waals surface area contributed by atoms with Crippen LogP contribution in [-0.4, -0.2) is 24.5 Å². The van der Waals surface area contributed by atoms with Gasteiger partial charge in [0.1, 0.15) is 0 Å². The van der Waals surface area contributed by atoms with Gasteiger partial charge in [0, 0.05) is 13.1 Å². The van der Waals surface area contributed by atoms with E-state index in [-0.39, 0.29) is 0 Å². The maximum Gasteiger partial charge on any atom is 0.000691 e. The van der Waals surface area contributed by atoms with Crippen LogP contribution in [0.3, 0.4) is 0 Å². The number of nitrogens with zero attached hydrogens (tertiary/aromatic N) is 1. The molecular weight excluding hydrogens is 146 g/mol. The van der Waals surface area contributed by atoms with Crippen LogP contribution in [0.15, 0.2) is 0 Å². The van der Waals surface area contributed by atoms with Crippen molar-refractivity contribution in [2.75, 3.05) is 19.6 Å². The summed E-state index contributed by atoms with van der Waals surface area (Å²) in [6.07, 6.45) is 1.30. The molecule has 1 heteroatoms. The molecule has 0 aliphatic rings. The molecule has 12 heavy (non-hydrogen) atoms. The van der Waals surface area contributed by atoms with Crippen molar-refractivity contribution in [3.05, 3.63) is 0 Å². The molecule has 0 aliphatic carbocycles. The molecule has 0 aromatic heterocycles. The van der Waals surface area contributed by atoms with E-state index in [9.17, 15) is 0 Å². The van der Waals surface area contributed by atoms with E-state index in [0.717, 1.165) is 11.8 Å². The molecule has 0 bridgehead atoms. The zero-order chi connectivity index (χ0) is 9.56. The lowest BCUT2D eigenvalue weighted by Crippen LogP contribution is -2.31. The Morgan fingerprint density at radius 2 is 1.58 bits per heavy atom. The molecule has 74 valence electrons. The second-order valence-corrected chi connectivity index (χ2v) is 4.26. The molecule has 1 atom stereocenters. The minimum Gasteiger partial charge on any atom is -0.303 e. The molecule has 0 saturated heterocycles. The van der Waals surface area contributed by atoms with E-state index >= 15 is 0 Å². The smallest absolute Gasteiger partial charge is 0.000691 e. The van der Waals surface area contributed by atoms with Crippen LogP contribution in [-0.2, 0) is 0 Å². The first-order chi connectivity index (χ1) is 5.60. The summed E-state index contributed by atoms with van der Waals surface area (Å²) in [6.45, 7) is 15.2. The lowest BCUT2D eigenvalue weighted by molar-refractivity contribution is 0.221. The molecule has 0 heterocycles. The minimum atomic E-state index is 0.800. The van der Waals surface area contributed by atoms with E-state index in [0.29, 0.717) is 0 Å². The summed E-state index contributed by atoms with van der Waals surface area (Å²) in [4.78, 5) is 2.55. The molecule has 0 rings (SSSR count). The Kier molecular flexibility index (Phi) is 6.45. The van der Waals surface area contributed by atoms with Gasteiger partial charge in [-0.25, -0.2) is 0 Å². The summed E-state index contributed by atoms with van der Waals surface area (Å²) >= 11 is 0. The second kappa shape index (κ2) is 6.47. The monoisotopic (exact) mass is 171 g/mol. The second-order valence-electron chi connectivity index (χ2n) is 4.26. The van der Waals surface area contributed by atoms with Crippen molar-refractivity contribution < 1.29 is 0 Å². The first-order valence-corrected chi connectivity index (χ1v) is 5.32. The van der Waals surface area contributed by atoms with Gasteiger partial charge in [0.05, 0.1) is 0 Å². The van der Waals surface area contributed by atoms with Gasteiger partial charge in [0.2, 0.25) is 0 Å². The summed E-state index contributed by atoms with van der Waals surface area (Å²) in [6, 6.07) is 0. The van der Waals surface area contributed by atoms with Crippen LogP contribution in [0.25, 0.3) is 0 Å². The van der Waals surface area contributed by atoms with Gasteiger partial charge in [-0.3, -0.25) is 0 Å². The average molecular weight is 171 g/mol. The van der Waals surface area contributed by atoms with Crippen molar-refractivity contribution in [2.45, 2.75) is 41.0 Å². The van der Waals surface area contributed by atoms with Crippen LogP contribution in [0.4, 0.5) is 0 Å². The maximum absolute atomic E-state index is 2.55. The zero-order valence-corrected chi connectivity index (χ0v) is 9.43. The Morgan fingerprint density at radius 3 is 1.92 bits per heavy atom. The number of hydrogen-bond donors (Lipinski definition) is 0. The highest BCUT2D eigenvalue weighted by atomic mass is 15.1. The topological polar surface area (TPSA) is 3.24 Å². The summed E-state index contributed by atoms with van der Waals surface area (Å²) in [5.41, 5.74) is 0. The minimum absolute atomic E-state index is 0.800. The van der Waals surface area contributed by atoms with E-state index < -0.39 is 0 Å². The van der Waals surface area contributed by atoms with Gasteiger partial charge in [-0.05, 0) is 18.4 Å². The molecule has 0 radical (unpaired) electrons. The van der Waals surface area contributed by atoms with Gasteiger partial charge < -0.3 is 4.90 Å². The van der Waals surface area contributed by atoms with Crippen molar-refractivity contribution in [1.82, 2.24) is 4.90 Å². The van der Waals surface area contributed by atoms with Gasteiger partial charge in [-0.2, -0.15) is 0 Å². The van der Waals surface area contributed by atoms with E-state index in [4.69, 9.17) is 0 Å². The van der Waals surface area contributed by atoms with Crippen LogP contribution < -0.4 is 0 Å². The highest BCUT2D eigenvalue weighted by Gasteiger charge is 2.07. The molecule has 0 aliphatic heterocycles. The Hall–Kier alpha value is -0.0400. The van der Waals surface area contributed by atoms with Crippen LogP contribution >= 0.6 is 0 Å². The third kappa shape index (κ3) is 5.59. The number of hydrogen-bond acceptors (Lipinski definition) is 1. The largest absolute Gasteiger partial charge is 0.303 e. The van der Waals surface area contributed by atoms with Crippen molar-refractivity contribution in [3.8, 4) is 0 Å². The molecule has 0 unspecified atom stereocenters. The first kappa shape index (κ1) is 12.0. The van der Waals surface area contributed by atoms with Gasteiger partial charge in [0.25, 0.3) is 0 Å². The quantitative estimate of drug-likeness (QED) is 0.594. The van der Waals surface area contributed by atoms with Crippen LogP contribution in [0.1, 0.15) is 41.0 Å². The first-order valence-electron chi connectivity index (χ1n) is 5.32. The highest BCUT2D eigenvalue weighted by molar-refractivity contribution is 4.61. The zero-order valence-electron chi connectivity index (χ0n) is 9.43. The predicted octanol–water partition coefficient (Wildman–Crippen LogP) is 3.01. The summed E-state index contributed by atoms with van der Waals surface area (Å²) < 4.78 is 0. The van der Waals surface area contributed by atoms with Gasteiger partial charge in [-0.15, -0.1) is 0 Å². The summed E-state index contributed by atoms with van der Waals surface area (Å²) in [5, 5.41) is 0. The van der Waals surface area contributed by atoms with E-state index in [1.165, 1.54) is 26.1 Å². The fourth-order valence-electron chi connectivity index (χ4n) is 1.42. The number of rotatable bonds is 6. The van der Waals surface area contributed by atoms with Crippen LogP contribution in [0, 0.1) is 11.8 Å². The normalized spacial score (nSPS) is 14.2. The van der Waals surface area contributed by atoms with Gasteiger partial charge in [0.15, 0.2) is 0 Å². The Labute approximate surface area is 78.1 Å². The molecule has 0 amide bonds. The average Bonchev–Trinajstić information content (AvgIpc) is 2.02. The standard InChI is InChI=1S/C11H25N/c1-6-11(5)9-12(7-2)8-10(3)4/h10-11H,6-9H2,1-5H3/t11-/m1/s1. The third-order valence-corrected chi connectivity index (χ3v) is 2.34. The Balaban J connectivity index is 3.66. The summed E-state index contributed by atoms with van der Waals surface area (Å²) in [7, 11) is 0. The van der Waals surface area contributed by atoms with Crippen molar-refractivity contribution in [2.24, 2.45) is 11.8 Å². The molecule has 0 aromatic rings. The van der Waals surface area contributed by atoms with Gasteiger partial charge in [-0.1, -0.05) is 41.0 Å². The van der Waals surface area contributed by atoms with Gasteiger partial charge >= 0.3 is 0 Å². The molecule has 0 saturated carbocycles. The van der Waals surface area contributed by atoms with Crippen molar-refractivity contribution in [3.63, 3.8) is 0 Å². The predicted molar refractivity (Wildman–Crippen MR) is 56.4 cm³/mol. The highest BCUT2D eigenvalue weighted by Crippen LogP contribution is 2.06. The van der Waals surface area contributed by atoms with Crippen molar-refractivity contribution in [1.29, 1.82) is 0 Å². The molecule has 0 fully saturated rings. The third-order valence-electron chi connectivity index (χ3n) is 2.34. The fraction of sp³-hybridized carbons (Fsp3) is 1.00. The van der Waals surface area contributed by atoms with Crippen LogP contribution in [0.5, 0.6) is 0 Å². The maximum atomic E-state index is 2.55. The van der Waals surface area contributed by atoms with E-state index in [1.54, 1.807) is 0 Å². The lowest BCUT2D eigenvalue weighted by atomic mass is 10.1. The molecule has 0 spiro atoms. The lowest BCUT2D eigenvalue weighted by Gasteiger charge is -2.25. The van der Waals surface area contributed by atoms with Crippen molar-refractivity contribution >= 4 is 0 Å². The summed E-state index contributed by atoms with van der Waals surface area (Å²) in [5.74, 6) is 1.65. The SMILES string of the molecule is CC[C@@H](C)CN(CC)CC(C)C. The van der Waals surface area contributed by atoms with E-state index in [2.05, 4.69) is 39.5 Å². The molecule has 0 N–H and O–H groups in total. The van der Waals surface area contributed by atoms with E-state index in [1.807, 2.05) is 0 Å². The van der Waals surface area contributed by atoms with Crippen LogP contribution in [0.2, 0.25) is 0 Å². The fourth-order valence-corrected chi connectivity index (χ4v) is 1.42. The Bertz CT molecular complexity index is 99.2. The Morgan fingerprint density at radius 1 is 1.00 bits per heavy atom. The molecule has 0 aromatic carbocycles. The molecular formula is C11H25N. The molecule has 1 nitrogen and oxygen atoms in total.